The Morgan fingerprint density at radius 1 is 1.04 bits per heavy atom. The molecule has 2 unspecified atom stereocenters. The number of imidazole rings is 1. The molecule has 0 aliphatic carbocycles. The number of thioether (sulfide) groups is 1. The molecule has 0 radical (unpaired) electrons. The summed E-state index contributed by atoms with van der Waals surface area (Å²) in [5.74, 6) is -1.23. The van der Waals surface area contributed by atoms with E-state index in [2.05, 4.69) is 34.4 Å². The predicted octanol–water partition coefficient (Wildman–Crippen LogP) is 0.632. The Hall–Kier alpha value is -2.93. The molecule has 10 N–H and O–H groups in total. The first-order valence-electron chi connectivity index (χ1n) is 16.3. The van der Waals surface area contributed by atoms with Crippen LogP contribution in [0.1, 0.15) is 36.9 Å². The molecular formula is C28H39ClN7O17P3S. The number of benzene rings is 1. The molecule has 316 valence electrons. The number of fused-ring (bicyclic) bond motifs is 1. The number of ether oxygens (including phenoxy) is 1. The third kappa shape index (κ3) is 13.5. The Morgan fingerprint density at radius 3 is 2.37 bits per heavy atom. The minimum atomic E-state index is -5.58. The van der Waals surface area contributed by atoms with Crippen molar-refractivity contribution in [1.82, 2.24) is 30.2 Å². The van der Waals surface area contributed by atoms with Crippen molar-refractivity contribution in [2.45, 2.75) is 50.9 Å². The molecule has 1 saturated heterocycles. The first-order valence-corrected chi connectivity index (χ1v) is 22.2. The summed E-state index contributed by atoms with van der Waals surface area (Å²) in [6.07, 6.45) is -6.98. The van der Waals surface area contributed by atoms with E-state index < -0.39 is 84.6 Å². The maximum atomic E-state index is 12.7. The maximum absolute atomic E-state index is 12.7. The lowest BCUT2D eigenvalue weighted by Crippen LogP contribution is -2.46. The lowest BCUT2D eigenvalue weighted by Gasteiger charge is -2.30. The van der Waals surface area contributed by atoms with Gasteiger partial charge >= 0.3 is 23.5 Å². The quantitative estimate of drug-likeness (QED) is 0.0554. The second kappa shape index (κ2) is 19.4. The van der Waals surface area contributed by atoms with Gasteiger partial charge in [0.25, 0.3) is 0 Å². The third-order valence-corrected chi connectivity index (χ3v) is 12.1. The van der Waals surface area contributed by atoms with E-state index in [-0.39, 0.29) is 47.4 Å². The zero-order valence-electron chi connectivity index (χ0n) is 29.8. The SMILES string of the molecule is CC(C)(COP(=O)(O)OP(=O)(O)OC[C@H]1O[C@@H](n2cnc3c(N)ncnc32)[C@H](O)[C@@H]1OP(=O)(O)O)[C@@H](O)C(=O)NCCC(=O)NCCSC(=O)c1ccc(Cl)cc1. The number of phosphoric ester groups is 3. The Kier molecular flexibility index (Phi) is 15.9. The fourth-order valence-electron chi connectivity index (χ4n) is 4.94. The third-order valence-electron chi connectivity index (χ3n) is 7.81. The molecule has 3 heterocycles. The van der Waals surface area contributed by atoms with Crippen molar-refractivity contribution in [1.29, 1.82) is 0 Å². The van der Waals surface area contributed by atoms with E-state index in [0.717, 1.165) is 29.0 Å². The number of carbonyl (C=O) groups excluding carboxylic acids is 3. The van der Waals surface area contributed by atoms with Crippen molar-refractivity contribution in [3.63, 3.8) is 0 Å². The summed E-state index contributed by atoms with van der Waals surface area (Å²) in [7, 11) is -16.4. The minimum absolute atomic E-state index is 0.0267. The van der Waals surface area contributed by atoms with E-state index in [1.54, 1.807) is 24.3 Å². The molecule has 29 heteroatoms. The van der Waals surface area contributed by atoms with Gasteiger partial charge in [-0.2, -0.15) is 4.31 Å². The summed E-state index contributed by atoms with van der Waals surface area (Å²) in [6.45, 7) is 0.387. The summed E-state index contributed by atoms with van der Waals surface area (Å²) in [6, 6.07) is 6.31. The molecule has 3 aromatic rings. The van der Waals surface area contributed by atoms with Gasteiger partial charge in [-0.1, -0.05) is 37.2 Å². The van der Waals surface area contributed by atoms with Crippen LogP contribution in [-0.2, 0) is 45.9 Å². The number of nitrogens with one attached hydrogen (secondary N) is 2. The Labute approximate surface area is 332 Å². The summed E-state index contributed by atoms with van der Waals surface area (Å²) in [5, 5.41) is 26.6. The molecule has 0 spiro atoms. The highest BCUT2D eigenvalue weighted by molar-refractivity contribution is 8.14. The van der Waals surface area contributed by atoms with Crippen LogP contribution in [0.15, 0.2) is 36.9 Å². The van der Waals surface area contributed by atoms with Crippen LogP contribution in [0.2, 0.25) is 5.02 Å². The van der Waals surface area contributed by atoms with Crippen molar-refractivity contribution in [2.75, 3.05) is 37.8 Å². The molecule has 57 heavy (non-hydrogen) atoms. The van der Waals surface area contributed by atoms with E-state index in [4.69, 9.17) is 31.1 Å². The number of hydrogen-bond acceptors (Lipinski definition) is 18. The number of aromatic nitrogens is 4. The number of amides is 2. The van der Waals surface area contributed by atoms with Crippen molar-refractivity contribution >= 4 is 80.7 Å². The van der Waals surface area contributed by atoms with Crippen LogP contribution in [0.25, 0.3) is 11.2 Å². The lowest BCUT2D eigenvalue weighted by atomic mass is 9.87. The number of carbonyl (C=O) groups is 3. The molecule has 1 aliphatic heterocycles. The minimum Gasteiger partial charge on any atom is -0.386 e. The molecule has 4 rings (SSSR count). The zero-order valence-corrected chi connectivity index (χ0v) is 34.0. The highest BCUT2D eigenvalue weighted by Gasteiger charge is 2.50. The summed E-state index contributed by atoms with van der Waals surface area (Å²) >= 11 is 6.80. The molecule has 2 amide bonds. The largest absolute Gasteiger partial charge is 0.481 e. The second-order valence-electron chi connectivity index (χ2n) is 12.7. The fraction of sp³-hybridized carbons (Fsp3) is 0.500. The highest BCUT2D eigenvalue weighted by Crippen LogP contribution is 2.61. The molecule has 7 atom stereocenters. The number of nitrogens with two attached hydrogens (primary N) is 1. The number of halogens is 1. The Bertz CT molecular complexity index is 2060. The fourth-order valence-corrected chi connectivity index (χ4v) is 8.59. The summed E-state index contributed by atoms with van der Waals surface area (Å²) < 4.78 is 62.1. The smallest absolute Gasteiger partial charge is 0.386 e. The number of anilines is 1. The molecular weight excluding hydrogens is 867 g/mol. The van der Waals surface area contributed by atoms with Gasteiger partial charge in [0.05, 0.1) is 19.5 Å². The predicted molar refractivity (Wildman–Crippen MR) is 198 cm³/mol. The molecule has 2 aromatic heterocycles. The Morgan fingerprint density at radius 2 is 1.70 bits per heavy atom. The first-order chi connectivity index (χ1) is 26.5. The van der Waals surface area contributed by atoms with Crippen LogP contribution in [0, 0.1) is 5.41 Å². The van der Waals surface area contributed by atoms with Crippen molar-refractivity contribution in [2.24, 2.45) is 5.41 Å². The molecule has 1 aliphatic rings. The summed E-state index contributed by atoms with van der Waals surface area (Å²) in [5.41, 5.74) is 4.69. The van der Waals surface area contributed by atoms with Crippen molar-refractivity contribution in [3.05, 3.63) is 47.5 Å². The number of nitrogen functional groups attached to an aromatic ring is 1. The molecule has 0 saturated carbocycles. The van der Waals surface area contributed by atoms with Crippen LogP contribution < -0.4 is 16.4 Å². The maximum Gasteiger partial charge on any atom is 0.481 e. The average Bonchev–Trinajstić information content (AvgIpc) is 3.68. The monoisotopic (exact) mass is 905 g/mol. The van der Waals surface area contributed by atoms with Gasteiger partial charge in [0.15, 0.2) is 17.7 Å². The Balaban J connectivity index is 1.23. The lowest BCUT2D eigenvalue weighted by molar-refractivity contribution is -0.137. The van der Waals surface area contributed by atoms with Gasteiger partial charge in [-0.05, 0) is 24.3 Å². The molecule has 24 nitrogen and oxygen atoms in total. The highest BCUT2D eigenvalue weighted by atomic mass is 35.5. The number of phosphoric acid groups is 3. The molecule has 1 fully saturated rings. The number of rotatable bonds is 20. The average molecular weight is 906 g/mol. The normalized spacial score (nSPS) is 21.4. The van der Waals surface area contributed by atoms with Crippen LogP contribution >= 0.6 is 46.8 Å². The van der Waals surface area contributed by atoms with E-state index in [9.17, 15) is 57.9 Å². The summed E-state index contributed by atoms with van der Waals surface area (Å²) in [4.78, 5) is 87.8. The van der Waals surface area contributed by atoms with Gasteiger partial charge in [-0.3, -0.25) is 32.5 Å². The van der Waals surface area contributed by atoms with Crippen LogP contribution in [0.3, 0.4) is 0 Å². The first kappa shape index (κ1) is 46.8. The topological polar surface area (TPSA) is 364 Å². The van der Waals surface area contributed by atoms with E-state index in [1.807, 2.05) is 0 Å². The number of aliphatic hydroxyl groups is 2. The van der Waals surface area contributed by atoms with Gasteiger partial charge in [-0.15, -0.1) is 0 Å². The van der Waals surface area contributed by atoms with Crippen molar-refractivity contribution < 1.29 is 80.5 Å². The van der Waals surface area contributed by atoms with Gasteiger partial charge in [0.1, 0.15) is 36.3 Å². The molecule has 1 aromatic carbocycles. The van der Waals surface area contributed by atoms with E-state index in [0.29, 0.717) is 10.6 Å². The standard InChI is InChI=1S/C28H39ClN7O17P3S/c1-28(2,22(39)25(40)32-8-7-18(37)31-9-10-57-27(41)15-3-5-16(29)6-4-15)12-50-56(47,48)53-55(45,46)49-11-17-21(52-54(42,43)44)20(38)26(51-17)36-14-35-19-23(30)33-13-34-24(19)36/h3-6,13-14,17,20-22,26,38-39H,7-12H2,1-2H3,(H,31,37)(H,32,40)(H,45,46)(H,47,48)(H2,30,33,34)(H2,42,43,44)/t17-,20-,21-,22+,26-/m1/s1. The molecule has 0 bridgehead atoms. The van der Waals surface area contributed by atoms with Gasteiger partial charge in [-0.25, -0.2) is 28.6 Å². The van der Waals surface area contributed by atoms with E-state index in [1.165, 1.54) is 13.8 Å². The number of nitrogens with zero attached hydrogens (tertiary/aromatic N) is 4. The van der Waals surface area contributed by atoms with Crippen LogP contribution in [-0.4, -0.2) is 123 Å². The van der Waals surface area contributed by atoms with Gasteiger partial charge in [0.2, 0.25) is 16.9 Å². The van der Waals surface area contributed by atoms with Crippen LogP contribution in [0.4, 0.5) is 5.82 Å². The number of hydrogen-bond donors (Lipinski definition) is 9. The van der Waals surface area contributed by atoms with Crippen molar-refractivity contribution in [3.8, 4) is 0 Å². The van der Waals surface area contributed by atoms with E-state index >= 15 is 0 Å². The second-order valence-corrected chi connectivity index (χ2v) is 18.5. The van der Waals surface area contributed by atoms with Gasteiger partial charge < -0.3 is 50.9 Å². The van der Waals surface area contributed by atoms with Gasteiger partial charge in [0, 0.05) is 41.3 Å². The zero-order chi connectivity index (χ0) is 42.3. The van der Waals surface area contributed by atoms with Crippen LogP contribution in [0.5, 0.6) is 0 Å². The number of aliphatic hydroxyl groups excluding tert-OH is 2.